The quantitative estimate of drug-likeness (QED) is 0.110. The molecule has 1 N–H and O–H groups in total. The number of hydrogen-bond acceptors (Lipinski definition) is 11. The van der Waals surface area contributed by atoms with Crippen molar-refractivity contribution >= 4 is 122 Å². The van der Waals surface area contributed by atoms with Gasteiger partial charge in [-0.3, -0.25) is 9.97 Å². The fourth-order valence-electron chi connectivity index (χ4n) is 9.48. The Balaban J connectivity index is 0.000000259. The van der Waals surface area contributed by atoms with Gasteiger partial charge in [0.2, 0.25) is 0 Å². The molecule has 1 radical (unpaired) electrons. The molecule has 21 heteroatoms. The highest BCUT2D eigenvalue weighted by molar-refractivity contribution is 9.11. The van der Waals surface area contributed by atoms with Gasteiger partial charge >= 0.3 is 28.8 Å². The number of hydrogen-bond donors (Lipinski definition) is 1. The van der Waals surface area contributed by atoms with Crippen LogP contribution in [0, 0.1) is 0 Å². The monoisotopic (exact) mass is 1520 g/mol. The molecule has 0 unspecified atom stereocenters. The maximum Gasteiger partial charge on any atom is 0.569 e. The normalized spacial score (nSPS) is 17.8. The van der Waals surface area contributed by atoms with E-state index in [4.69, 9.17) is 47.6 Å². The molecular weight excluding hydrogens is 1410 g/mol. The molecule has 6 aromatic rings. The highest BCUT2D eigenvalue weighted by Gasteiger charge is 2.64. The molecule has 11 nitrogen and oxygen atoms in total. The van der Waals surface area contributed by atoms with Gasteiger partial charge in [-0.25, -0.2) is 4.98 Å². The SMILES string of the molecule is C.CC(C)(C)c1cc(B2OC(C)(C)C(C)(C)O2)cc(-c2ccc([Si](C)(C)C)cn2)c1.CC(C)(C)c1cc(Br)cc(-c2ccc([Si](C)(C)C)cn2)c1.CC(C)(C)c1cc(Br)cc(O[B]O)c1.CC1(C)OB(B2OC(C)(C)C(C)(C)O2)OC1(C)C.C[Si](C)(C)c1ccc(Br)nc1. The van der Waals surface area contributed by atoms with E-state index < -0.39 is 38.2 Å². The molecule has 94 heavy (non-hydrogen) atoms. The Bertz CT molecular complexity index is 3380. The standard InChI is InChI=1S/C24H36BNO2Si.C18H24BrNSi.C12H24B2O4.C10H13BBrO2.C8H12BrNSi.CH4/c1-22(2,3)18-13-17(21-12-11-20(16-26-21)29(8,9)10)14-19(15-18)25-27-23(4,5)24(6,7)28-25;1-18(2,3)14-9-13(10-15(19)11-14)17-8-7-16(12-20-17)21(4,5)6;1-9(2)10(3,4)16-13(15-9)14-17-11(5,6)12(7,8)18-14;1-10(2,3)7-4-8(12)6-9(5-7)14-11-13;1-11(2,3)7-4-5-8(9)10-6-7;/h11-16H,1-10H3;7-12H,1-6H3;1-8H3;4-6,13H,1-3H3;4-6H,1-3H3;1H4. The van der Waals surface area contributed by atoms with Crippen molar-refractivity contribution in [3.63, 3.8) is 0 Å². The van der Waals surface area contributed by atoms with Crippen molar-refractivity contribution in [2.24, 2.45) is 0 Å². The molecular formula is C73H113B4Br3N3O8Si3. The molecule has 6 heterocycles. The third-order valence-corrected chi connectivity index (χ3v) is 25.7. The lowest BCUT2D eigenvalue weighted by Crippen LogP contribution is -2.41. The summed E-state index contributed by atoms with van der Waals surface area (Å²) in [6.45, 7) is 65.4. The number of pyridine rings is 3. The topological polar surface area (TPSA) is 124 Å². The first kappa shape index (κ1) is 83.4. The summed E-state index contributed by atoms with van der Waals surface area (Å²) < 4.78 is 44.4. The Morgan fingerprint density at radius 3 is 1.05 bits per heavy atom. The molecule has 0 spiro atoms. The lowest BCUT2D eigenvalue weighted by molar-refractivity contribution is 0.00578. The molecule has 3 aliphatic heterocycles. The zero-order valence-corrected chi connectivity index (χ0v) is 69.7. The highest BCUT2D eigenvalue weighted by atomic mass is 79.9. The zero-order valence-electron chi connectivity index (χ0n) is 62.0. The van der Waals surface area contributed by atoms with Crippen LogP contribution in [0.25, 0.3) is 22.5 Å². The minimum Gasteiger partial charge on any atom is -0.537 e. The summed E-state index contributed by atoms with van der Waals surface area (Å²) in [5, 5.41) is 12.7. The van der Waals surface area contributed by atoms with Crippen LogP contribution in [-0.4, -0.2) is 107 Å². The third kappa shape index (κ3) is 22.5. The summed E-state index contributed by atoms with van der Waals surface area (Å²) in [4.78, 5) is 13.7. The summed E-state index contributed by atoms with van der Waals surface area (Å²) in [6, 6.07) is 32.0. The van der Waals surface area contributed by atoms with Crippen LogP contribution in [0.4, 0.5) is 0 Å². The van der Waals surface area contributed by atoms with Gasteiger partial charge in [0, 0.05) is 38.7 Å². The van der Waals surface area contributed by atoms with Gasteiger partial charge in [-0.05, 0) is 214 Å². The molecule has 3 saturated heterocycles. The molecule has 3 aliphatic rings. The van der Waals surface area contributed by atoms with Gasteiger partial charge in [0.1, 0.15) is 10.4 Å². The van der Waals surface area contributed by atoms with E-state index in [2.05, 4.69) is 281 Å². The van der Waals surface area contributed by atoms with Crippen LogP contribution in [0.2, 0.25) is 58.9 Å². The predicted octanol–water partition coefficient (Wildman–Crippen LogP) is 18.2. The van der Waals surface area contributed by atoms with Gasteiger partial charge in [0.15, 0.2) is 0 Å². The molecule has 3 aromatic carbocycles. The molecule has 0 saturated carbocycles. The average Bonchev–Trinajstić information content (AvgIpc) is 1.59. The van der Waals surface area contributed by atoms with E-state index in [9.17, 15) is 0 Å². The Morgan fingerprint density at radius 2 is 0.734 bits per heavy atom. The molecule has 3 fully saturated rings. The first-order chi connectivity index (χ1) is 42.0. The summed E-state index contributed by atoms with van der Waals surface area (Å²) in [7, 11) is -4.42. The van der Waals surface area contributed by atoms with Crippen LogP contribution >= 0.6 is 47.8 Å². The summed E-state index contributed by atoms with van der Waals surface area (Å²) in [6.07, 6.45) is 6.08. The van der Waals surface area contributed by atoms with Gasteiger partial charge in [-0.1, -0.05) is 191 Å². The lowest BCUT2D eigenvalue weighted by atomic mass is 9.49. The van der Waals surface area contributed by atoms with Crippen LogP contribution in [0.1, 0.15) is 170 Å². The van der Waals surface area contributed by atoms with Crippen molar-refractivity contribution in [2.75, 3.05) is 0 Å². The molecule has 0 atom stereocenters. The van der Waals surface area contributed by atoms with Crippen LogP contribution in [-0.2, 0) is 44.2 Å². The minimum atomic E-state index is -1.36. The molecule has 0 aliphatic carbocycles. The van der Waals surface area contributed by atoms with Crippen LogP contribution < -0.4 is 25.7 Å². The average molecular weight is 1530 g/mol. The van der Waals surface area contributed by atoms with Gasteiger partial charge in [0.05, 0.1) is 69.2 Å². The molecule has 0 bridgehead atoms. The van der Waals surface area contributed by atoms with Gasteiger partial charge in [-0.15, -0.1) is 0 Å². The maximum absolute atomic E-state index is 8.54. The van der Waals surface area contributed by atoms with Crippen LogP contribution in [0.5, 0.6) is 5.75 Å². The summed E-state index contributed by atoms with van der Waals surface area (Å²) >= 11 is 10.3. The van der Waals surface area contributed by atoms with Crippen LogP contribution in [0.3, 0.4) is 0 Å². The molecule has 9 rings (SSSR count). The summed E-state index contributed by atoms with van der Waals surface area (Å²) in [5.41, 5.74) is 7.20. The number of rotatable bonds is 9. The number of aromatic nitrogens is 3. The first-order valence-electron chi connectivity index (χ1n) is 32.5. The van der Waals surface area contributed by atoms with E-state index in [1.54, 1.807) is 0 Å². The van der Waals surface area contributed by atoms with E-state index in [-0.39, 0.29) is 64.4 Å². The van der Waals surface area contributed by atoms with Crippen molar-refractivity contribution in [3.8, 4) is 28.3 Å². The van der Waals surface area contributed by atoms with Gasteiger partial charge in [-0.2, -0.15) is 0 Å². The largest absolute Gasteiger partial charge is 0.569 e. The van der Waals surface area contributed by atoms with Crippen molar-refractivity contribution < 1.29 is 37.6 Å². The zero-order chi connectivity index (χ0) is 70.9. The lowest BCUT2D eigenvalue weighted by Gasteiger charge is -2.32. The van der Waals surface area contributed by atoms with Crippen molar-refractivity contribution in [3.05, 3.63) is 140 Å². The van der Waals surface area contributed by atoms with E-state index in [1.807, 2.05) is 85.9 Å². The van der Waals surface area contributed by atoms with E-state index in [1.165, 1.54) is 32.3 Å². The van der Waals surface area contributed by atoms with Crippen LogP contribution in [0.15, 0.2) is 123 Å². The summed E-state index contributed by atoms with van der Waals surface area (Å²) in [5.74, 6) is 0.631. The molecule has 3 aromatic heterocycles. The Labute approximate surface area is 599 Å². The number of nitrogens with zero attached hydrogens (tertiary/aromatic N) is 3. The van der Waals surface area contributed by atoms with E-state index >= 15 is 0 Å². The number of benzene rings is 3. The minimum absolute atomic E-state index is 0. The second-order valence-corrected chi connectivity index (χ2v) is 51.9. The first-order valence-corrected chi connectivity index (χ1v) is 45.4. The predicted molar refractivity (Wildman–Crippen MR) is 421 cm³/mol. The van der Waals surface area contributed by atoms with E-state index in [0.29, 0.717) is 13.4 Å². The molecule has 0 amide bonds. The highest BCUT2D eigenvalue weighted by Crippen LogP contribution is 2.44. The van der Waals surface area contributed by atoms with Crippen molar-refractivity contribution in [2.45, 2.75) is 262 Å². The van der Waals surface area contributed by atoms with Gasteiger partial charge < -0.3 is 37.6 Å². The van der Waals surface area contributed by atoms with E-state index in [0.717, 1.165) is 41.5 Å². The fraction of sp³-hybridized carbons (Fsp3) is 0.548. The Hall–Kier alpha value is -3.02. The Morgan fingerprint density at radius 1 is 0.415 bits per heavy atom. The van der Waals surface area contributed by atoms with Crippen molar-refractivity contribution in [1.29, 1.82) is 0 Å². The fourth-order valence-corrected chi connectivity index (χ4v) is 13.8. The van der Waals surface area contributed by atoms with Crippen molar-refractivity contribution in [1.82, 2.24) is 15.0 Å². The second kappa shape index (κ2) is 30.8. The second-order valence-electron chi connectivity index (χ2n) is 34.0. The van der Waals surface area contributed by atoms with Gasteiger partial charge in [0.25, 0.3) is 0 Å². The Kier molecular flexibility index (Phi) is 27.4. The smallest absolute Gasteiger partial charge is 0.537 e. The maximum atomic E-state index is 8.54. The number of halogens is 3. The third-order valence-electron chi connectivity index (χ3n) is 18.2. The molecule has 513 valence electrons.